The molecule has 0 saturated carbocycles. The number of rotatable bonds is 5. The van der Waals surface area contributed by atoms with Crippen LogP contribution in [0.1, 0.15) is 38.3 Å². The quantitative estimate of drug-likeness (QED) is 0.777. The first-order valence-electron chi connectivity index (χ1n) is 5.78. The zero-order valence-electron chi connectivity index (χ0n) is 10.5. The number of carboxylic acids is 1. The summed E-state index contributed by atoms with van der Waals surface area (Å²) < 4.78 is 3.65. The molecule has 0 aliphatic rings. The standard InChI is InChI=1S/C12H17N3O2/c1-4-10-7-14(9(3)6-13)11(5-2)15(10)8-12(16)17/h7,9H,4-5,8H2,1-3H3/p+1. The third-order valence-electron chi connectivity index (χ3n) is 2.82. The molecule has 1 aromatic heterocycles. The molecule has 1 atom stereocenters. The minimum atomic E-state index is -0.859. The average molecular weight is 236 g/mol. The number of imidazole rings is 1. The molecule has 1 aromatic rings. The van der Waals surface area contributed by atoms with Gasteiger partial charge in [0.2, 0.25) is 0 Å². The van der Waals surface area contributed by atoms with Crippen molar-refractivity contribution in [1.82, 2.24) is 4.57 Å². The number of aliphatic carboxylic acids is 1. The summed E-state index contributed by atoms with van der Waals surface area (Å²) in [5, 5.41) is 17.9. The summed E-state index contributed by atoms with van der Waals surface area (Å²) in [5.74, 6) is 0.0278. The predicted octanol–water partition coefficient (Wildman–Crippen LogP) is 1.07. The molecule has 1 rings (SSSR count). The molecule has 5 nitrogen and oxygen atoms in total. The highest BCUT2D eigenvalue weighted by Gasteiger charge is 2.25. The van der Waals surface area contributed by atoms with Gasteiger partial charge < -0.3 is 5.11 Å². The van der Waals surface area contributed by atoms with Crippen LogP contribution in [-0.4, -0.2) is 15.6 Å². The highest BCUT2D eigenvalue weighted by molar-refractivity contribution is 5.66. The van der Waals surface area contributed by atoms with E-state index in [1.807, 2.05) is 31.5 Å². The monoisotopic (exact) mass is 236 g/mol. The second-order valence-corrected chi connectivity index (χ2v) is 3.94. The van der Waals surface area contributed by atoms with Gasteiger partial charge in [0.25, 0.3) is 5.82 Å². The lowest BCUT2D eigenvalue weighted by Crippen LogP contribution is -2.40. The third kappa shape index (κ3) is 2.64. The number of aryl methyl sites for hydroxylation is 1. The highest BCUT2D eigenvalue weighted by Crippen LogP contribution is 2.09. The molecule has 0 spiro atoms. The Morgan fingerprint density at radius 1 is 1.59 bits per heavy atom. The molecule has 0 fully saturated rings. The second kappa shape index (κ2) is 5.48. The van der Waals surface area contributed by atoms with Crippen molar-refractivity contribution in [3.8, 4) is 6.07 Å². The molecule has 0 aliphatic heterocycles. The zero-order chi connectivity index (χ0) is 13.0. The number of nitrogens with zero attached hydrogens (tertiary/aromatic N) is 3. The Balaban J connectivity index is 3.30. The van der Waals surface area contributed by atoms with Crippen molar-refractivity contribution in [2.24, 2.45) is 0 Å². The SMILES string of the molecule is CCc1c[n+](C(C)C#N)c(CC)n1CC(=O)O. The van der Waals surface area contributed by atoms with Crippen LogP contribution >= 0.6 is 0 Å². The highest BCUT2D eigenvalue weighted by atomic mass is 16.4. The second-order valence-electron chi connectivity index (χ2n) is 3.94. The lowest BCUT2D eigenvalue weighted by molar-refractivity contribution is -0.713. The van der Waals surface area contributed by atoms with Crippen molar-refractivity contribution < 1.29 is 14.5 Å². The maximum atomic E-state index is 10.9. The van der Waals surface area contributed by atoms with E-state index in [4.69, 9.17) is 10.4 Å². The van der Waals surface area contributed by atoms with Crippen molar-refractivity contribution in [1.29, 1.82) is 5.26 Å². The van der Waals surface area contributed by atoms with Crippen LogP contribution in [0, 0.1) is 11.3 Å². The number of hydrogen-bond donors (Lipinski definition) is 1. The minimum absolute atomic E-state index is 0.0442. The van der Waals surface area contributed by atoms with E-state index < -0.39 is 5.97 Å². The van der Waals surface area contributed by atoms with Crippen LogP contribution in [0.3, 0.4) is 0 Å². The molecule has 0 amide bonds. The largest absolute Gasteiger partial charge is 0.478 e. The Kier molecular flexibility index (Phi) is 4.27. The first kappa shape index (κ1) is 13.2. The van der Waals surface area contributed by atoms with E-state index in [0.717, 1.165) is 17.9 Å². The maximum absolute atomic E-state index is 10.9. The summed E-state index contributed by atoms with van der Waals surface area (Å²) in [4.78, 5) is 10.9. The molecule has 0 aromatic carbocycles. The Morgan fingerprint density at radius 3 is 2.65 bits per heavy atom. The first-order chi connectivity index (χ1) is 8.04. The van der Waals surface area contributed by atoms with Crippen LogP contribution in [0.25, 0.3) is 0 Å². The van der Waals surface area contributed by atoms with Crippen LogP contribution < -0.4 is 4.57 Å². The van der Waals surface area contributed by atoms with Crippen LogP contribution in [0.5, 0.6) is 0 Å². The van der Waals surface area contributed by atoms with Gasteiger partial charge in [-0.1, -0.05) is 13.8 Å². The van der Waals surface area contributed by atoms with Crippen molar-refractivity contribution in [2.45, 2.75) is 46.2 Å². The molecule has 1 heterocycles. The van der Waals surface area contributed by atoms with Crippen LogP contribution in [0.15, 0.2) is 6.20 Å². The maximum Gasteiger partial charge on any atom is 0.346 e. The van der Waals surface area contributed by atoms with Gasteiger partial charge in [0, 0.05) is 12.8 Å². The Bertz CT molecular complexity index is 457. The van der Waals surface area contributed by atoms with E-state index in [2.05, 4.69) is 6.07 Å². The fourth-order valence-corrected chi connectivity index (χ4v) is 1.99. The van der Waals surface area contributed by atoms with E-state index in [1.165, 1.54) is 0 Å². The molecular weight excluding hydrogens is 218 g/mol. The molecular formula is C12H18N3O2+. The fourth-order valence-electron chi connectivity index (χ4n) is 1.99. The summed E-state index contributed by atoms with van der Waals surface area (Å²) in [6, 6.07) is 1.90. The van der Waals surface area contributed by atoms with Gasteiger partial charge in [-0.05, 0) is 6.92 Å². The lowest BCUT2D eigenvalue weighted by atomic mass is 10.3. The fraction of sp³-hybridized carbons (Fsp3) is 0.583. The number of aromatic nitrogens is 2. The van der Waals surface area contributed by atoms with Crippen LogP contribution in [0.2, 0.25) is 0 Å². The van der Waals surface area contributed by atoms with Crippen molar-refractivity contribution in [2.75, 3.05) is 0 Å². The normalized spacial score (nSPS) is 12.1. The Labute approximate surface area is 101 Å². The number of carbonyl (C=O) groups is 1. The molecule has 5 heteroatoms. The Hall–Kier alpha value is -1.83. The van der Waals surface area contributed by atoms with Gasteiger partial charge in [-0.25, -0.2) is 13.9 Å². The first-order valence-corrected chi connectivity index (χ1v) is 5.78. The van der Waals surface area contributed by atoms with Crippen LogP contribution in [-0.2, 0) is 24.2 Å². The van der Waals surface area contributed by atoms with Crippen molar-refractivity contribution in [3.05, 3.63) is 17.7 Å². The molecule has 17 heavy (non-hydrogen) atoms. The van der Waals surface area contributed by atoms with E-state index in [0.29, 0.717) is 6.42 Å². The topological polar surface area (TPSA) is 69.9 Å². The van der Waals surface area contributed by atoms with Gasteiger partial charge in [0.1, 0.15) is 18.0 Å². The summed E-state index contributed by atoms with van der Waals surface area (Å²) in [7, 11) is 0. The van der Waals surface area contributed by atoms with E-state index in [-0.39, 0.29) is 12.6 Å². The summed E-state index contributed by atoms with van der Waals surface area (Å²) >= 11 is 0. The average Bonchev–Trinajstić information content (AvgIpc) is 2.65. The zero-order valence-corrected chi connectivity index (χ0v) is 10.5. The molecule has 0 saturated heterocycles. The number of carboxylic acid groups (broad SMARTS) is 1. The van der Waals surface area contributed by atoms with E-state index in [9.17, 15) is 4.79 Å². The van der Waals surface area contributed by atoms with Gasteiger partial charge in [0.05, 0.1) is 0 Å². The third-order valence-corrected chi connectivity index (χ3v) is 2.82. The van der Waals surface area contributed by atoms with Gasteiger partial charge in [-0.15, -0.1) is 0 Å². The lowest BCUT2D eigenvalue weighted by Gasteiger charge is -2.03. The van der Waals surface area contributed by atoms with E-state index >= 15 is 0 Å². The smallest absolute Gasteiger partial charge is 0.346 e. The molecule has 1 N–H and O–H groups in total. The molecule has 92 valence electrons. The van der Waals surface area contributed by atoms with Crippen molar-refractivity contribution in [3.63, 3.8) is 0 Å². The van der Waals surface area contributed by atoms with Crippen molar-refractivity contribution >= 4 is 5.97 Å². The van der Waals surface area contributed by atoms with Gasteiger partial charge in [-0.2, -0.15) is 5.26 Å². The summed E-state index contributed by atoms with van der Waals surface area (Å²) in [5.41, 5.74) is 0.950. The molecule has 0 aliphatic carbocycles. The van der Waals surface area contributed by atoms with Gasteiger partial charge in [0.15, 0.2) is 12.6 Å². The predicted molar refractivity (Wildman–Crippen MR) is 61.3 cm³/mol. The number of hydrogen-bond acceptors (Lipinski definition) is 2. The van der Waals surface area contributed by atoms with Gasteiger partial charge in [-0.3, -0.25) is 0 Å². The van der Waals surface area contributed by atoms with Gasteiger partial charge >= 0.3 is 5.97 Å². The number of nitriles is 1. The molecule has 1 unspecified atom stereocenters. The Morgan fingerprint density at radius 2 is 2.24 bits per heavy atom. The summed E-state index contributed by atoms with van der Waals surface area (Å²) in [6.45, 7) is 5.71. The van der Waals surface area contributed by atoms with Crippen LogP contribution in [0.4, 0.5) is 0 Å². The summed E-state index contributed by atoms with van der Waals surface area (Å²) in [6.07, 6.45) is 3.35. The van der Waals surface area contributed by atoms with E-state index in [1.54, 1.807) is 4.57 Å². The molecule has 0 radical (unpaired) electrons. The minimum Gasteiger partial charge on any atom is -0.478 e. The molecule has 0 bridgehead atoms.